The fraction of sp³-hybridized carbons (Fsp3) is 1.00. The van der Waals surface area contributed by atoms with E-state index in [1.165, 1.54) is 0 Å². The molecule has 0 aromatic carbocycles. The van der Waals surface area contributed by atoms with Gasteiger partial charge < -0.3 is 0 Å². The Hall–Kier alpha value is 0.330. The van der Waals surface area contributed by atoms with Crippen molar-refractivity contribution in [1.29, 1.82) is 0 Å². The molecule has 0 radical (unpaired) electrons. The average molecular weight is 484 g/mol. The van der Waals surface area contributed by atoms with Gasteiger partial charge in [-0.05, 0) is 0 Å². The number of hydrogen-bond donors (Lipinski definition) is 1. The monoisotopic (exact) mass is 484 g/mol. The number of rotatable bonds is 14. The van der Waals surface area contributed by atoms with Crippen molar-refractivity contribution in [2.24, 2.45) is 5.90 Å². The van der Waals surface area contributed by atoms with Crippen molar-refractivity contribution in [3.05, 3.63) is 0 Å². The van der Waals surface area contributed by atoms with Crippen LogP contribution in [0.1, 0.15) is 34.6 Å². The van der Waals surface area contributed by atoms with Crippen molar-refractivity contribution in [3.63, 3.8) is 0 Å². The summed E-state index contributed by atoms with van der Waals surface area (Å²) in [6.07, 6.45) is 0. The Morgan fingerprint density at radius 3 is 1.32 bits per heavy atom. The number of nitrogens with zero attached hydrogens (tertiary/aromatic N) is 4. The maximum atomic E-state index is 6.20. The standard InChI is InChI=1S/C14H39IN5O5/c1-10-15-21-17(6,11-2)23-19(8,13-4)25-20(9,14-5)24-18(7,12-3)22-16/h10-14,16H2,1-9H3/q+3. The zero-order valence-corrected chi connectivity index (χ0v) is 19.5. The predicted molar refractivity (Wildman–Crippen MR) is 87.1 cm³/mol. The van der Waals surface area contributed by atoms with E-state index in [9.17, 15) is 0 Å². The fourth-order valence-electron chi connectivity index (χ4n) is 1.78. The Balaban J connectivity index is 5.33. The van der Waals surface area contributed by atoms with Gasteiger partial charge in [0.05, 0.1) is 0 Å². The first-order valence-electron chi connectivity index (χ1n) is 8.71. The second-order valence-corrected chi connectivity index (χ2v) is 8.66. The molecule has 0 aromatic heterocycles. The molecule has 0 fully saturated rings. The van der Waals surface area contributed by atoms with Crippen molar-refractivity contribution < 1.29 is 63.8 Å². The van der Waals surface area contributed by atoms with Crippen LogP contribution in [0.15, 0.2) is 0 Å². The number of quaternary nitrogens is 4. The van der Waals surface area contributed by atoms with Crippen LogP contribution >= 0.6 is 0 Å². The van der Waals surface area contributed by atoms with E-state index in [4.69, 9.17) is 28.8 Å². The molecule has 4 unspecified atom stereocenters. The van der Waals surface area contributed by atoms with E-state index in [0.717, 1.165) is 4.43 Å². The molecule has 0 aliphatic carbocycles. The maximum absolute atomic E-state index is 6.20. The van der Waals surface area contributed by atoms with Crippen molar-refractivity contribution >= 4 is 0 Å². The molecule has 25 heavy (non-hydrogen) atoms. The molecule has 10 nitrogen and oxygen atoms in total. The summed E-state index contributed by atoms with van der Waals surface area (Å²) >= 11 is -0.389. The zero-order valence-electron chi connectivity index (χ0n) is 17.3. The van der Waals surface area contributed by atoms with Gasteiger partial charge in [-0.2, -0.15) is 0 Å². The normalized spacial score (nSPS) is 22.0. The molecule has 0 aliphatic heterocycles. The molecule has 0 rings (SSSR count). The Morgan fingerprint density at radius 2 is 1.00 bits per heavy atom. The molecular weight excluding hydrogens is 445 g/mol. The summed E-state index contributed by atoms with van der Waals surface area (Å²) in [5, 5.41) is 0. The van der Waals surface area contributed by atoms with E-state index in [2.05, 4.69) is 6.92 Å². The minimum atomic E-state index is -0.389. The summed E-state index contributed by atoms with van der Waals surface area (Å²) in [4.78, 5) is 22.7. The van der Waals surface area contributed by atoms with Crippen LogP contribution in [0.4, 0.5) is 0 Å². The molecule has 0 amide bonds. The van der Waals surface area contributed by atoms with E-state index in [1.807, 2.05) is 41.8 Å². The van der Waals surface area contributed by atoms with Crippen LogP contribution in [0.5, 0.6) is 0 Å². The van der Waals surface area contributed by atoms with Crippen molar-refractivity contribution in [2.45, 2.75) is 34.6 Å². The van der Waals surface area contributed by atoms with E-state index < -0.39 is 0 Å². The Morgan fingerprint density at radius 1 is 0.640 bits per heavy atom. The van der Waals surface area contributed by atoms with Crippen LogP contribution in [0.25, 0.3) is 0 Å². The molecule has 0 saturated heterocycles. The summed E-state index contributed by atoms with van der Waals surface area (Å²) in [5.41, 5.74) is 0. The van der Waals surface area contributed by atoms with Crippen LogP contribution < -0.4 is 27.5 Å². The van der Waals surface area contributed by atoms with Crippen LogP contribution in [0.3, 0.4) is 0 Å². The van der Waals surface area contributed by atoms with Crippen LogP contribution in [0, 0.1) is 0 Å². The number of hydroxylamine groups is 16. The third-order valence-electron chi connectivity index (χ3n) is 3.86. The molecule has 4 atom stereocenters. The summed E-state index contributed by atoms with van der Waals surface area (Å²) in [5.74, 6) is 5.38. The van der Waals surface area contributed by atoms with Gasteiger partial charge in [0.1, 0.15) is 0 Å². The van der Waals surface area contributed by atoms with Gasteiger partial charge in [-0.1, -0.05) is 0 Å². The molecule has 0 saturated carbocycles. The summed E-state index contributed by atoms with van der Waals surface area (Å²) in [6, 6.07) is 0. The van der Waals surface area contributed by atoms with Crippen LogP contribution in [0.2, 0.25) is 0 Å². The molecule has 0 bridgehead atoms. The fourth-order valence-corrected chi connectivity index (χ4v) is 3.00. The summed E-state index contributed by atoms with van der Waals surface area (Å²) in [6.45, 7) is 12.2. The van der Waals surface area contributed by atoms with Gasteiger partial charge >= 0.3 is 163 Å². The first-order chi connectivity index (χ1) is 11.5. The average Bonchev–Trinajstić information content (AvgIpc) is 2.59. The molecule has 2 N–H and O–H groups in total. The predicted octanol–water partition coefficient (Wildman–Crippen LogP) is -1.85. The first kappa shape index (κ1) is 25.3. The molecular formula is C14H39IN5O5+3. The summed E-state index contributed by atoms with van der Waals surface area (Å²) in [7, 11) is 7.22. The van der Waals surface area contributed by atoms with Crippen molar-refractivity contribution in [2.75, 3.05) is 58.8 Å². The van der Waals surface area contributed by atoms with Crippen LogP contribution in [-0.2, 0) is 22.9 Å². The van der Waals surface area contributed by atoms with Gasteiger partial charge in [0.25, 0.3) is 0 Å². The molecule has 0 aromatic rings. The second kappa shape index (κ2) is 10.6. The molecule has 11 heteroatoms. The van der Waals surface area contributed by atoms with Crippen molar-refractivity contribution in [1.82, 2.24) is 0 Å². The first-order valence-corrected chi connectivity index (χ1v) is 11.1. The molecule has 0 aliphatic rings. The molecule has 0 spiro atoms. The van der Waals surface area contributed by atoms with Gasteiger partial charge in [0, 0.05) is 0 Å². The van der Waals surface area contributed by atoms with E-state index >= 15 is 0 Å². The summed E-state index contributed by atoms with van der Waals surface area (Å²) < 4.78 is 6.96. The van der Waals surface area contributed by atoms with Crippen molar-refractivity contribution in [3.8, 4) is 0 Å². The third-order valence-corrected chi connectivity index (χ3v) is 5.60. The van der Waals surface area contributed by atoms with Gasteiger partial charge in [0.2, 0.25) is 0 Å². The number of nitrogens with two attached hydrogens (primary N) is 1. The quantitative estimate of drug-likeness (QED) is 0.135. The van der Waals surface area contributed by atoms with Gasteiger partial charge in [-0.3, -0.25) is 0 Å². The van der Waals surface area contributed by atoms with E-state index in [-0.39, 0.29) is 40.9 Å². The Kier molecular flexibility index (Phi) is 10.7. The number of hydrogen-bond acceptors (Lipinski definition) is 6. The van der Waals surface area contributed by atoms with Gasteiger partial charge in [-0.15, -0.1) is 0 Å². The molecule has 0 heterocycles. The number of alkyl halides is 1. The minimum absolute atomic E-state index is 0.0163. The van der Waals surface area contributed by atoms with Crippen LogP contribution in [-0.4, -0.2) is 78.0 Å². The van der Waals surface area contributed by atoms with Gasteiger partial charge in [-0.25, -0.2) is 0 Å². The number of halogens is 1. The SMILES string of the molecule is CC[I-]O[N+](C)(CC)O[N+](C)(CC)O[N+](C)(CC)O[N+](C)(CC)ON. The van der Waals surface area contributed by atoms with Gasteiger partial charge in [0.15, 0.2) is 0 Å². The van der Waals surface area contributed by atoms with E-state index in [1.54, 1.807) is 14.1 Å². The Bertz CT molecular complexity index is 393. The second-order valence-electron chi connectivity index (χ2n) is 6.12. The van der Waals surface area contributed by atoms with E-state index in [0.29, 0.717) is 26.2 Å². The molecule has 154 valence electrons. The third kappa shape index (κ3) is 8.26. The topological polar surface area (TPSA) is 72.2 Å². The Labute approximate surface area is 163 Å². The zero-order chi connectivity index (χ0) is 19.8.